The van der Waals surface area contributed by atoms with Crippen molar-refractivity contribution in [1.29, 1.82) is 0 Å². The summed E-state index contributed by atoms with van der Waals surface area (Å²) in [5.41, 5.74) is 1.94. The molecule has 128 valence electrons. The minimum absolute atomic E-state index is 0.0171. The number of hydrogen-bond donors (Lipinski definition) is 3. The van der Waals surface area contributed by atoms with Gasteiger partial charge in [0.15, 0.2) is 0 Å². The number of primary sulfonamides is 1. The van der Waals surface area contributed by atoms with Gasteiger partial charge in [-0.3, -0.25) is 4.79 Å². The first-order valence-electron chi connectivity index (χ1n) is 7.19. The predicted molar refractivity (Wildman–Crippen MR) is 92.0 cm³/mol. The van der Waals surface area contributed by atoms with Gasteiger partial charge >= 0.3 is 5.97 Å². The Kier molecular flexibility index (Phi) is 4.34. The van der Waals surface area contributed by atoms with Gasteiger partial charge in [0.2, 0.25) is 16.0 Å². The second-order valence-electron chi connectivity index (χ2n) is 5.35. The summed E-state index contributed by atoms with van der Waals surface area (Å²) in [7, 11) is -3.73. The highest BCUT2D eigenvalue weighted by Crippen LogP contribution is 2.19. The van der Waals surface area contributed by atoms with Crippen molar-refractivity contribution < 1.29 is 18.3 Å². The average Bonchev–Trinajstić information content (AvgIpc) is 2.54. The fraction of sp³-hybridized carbons (Fsp3) is 0.0625. The van der Waals surface area contributed by atoms with Gasteiger partial charge in [0.05, 0.1) is 16.8 Å². The maximum absolute atomic E-state index is 11.2. The van der Waals surface area contributed by atoms with E-state index in [2.05, 4.69) is 15.3 Å². The van der Waals surface area contributed by atoms with Crippen molar-refractivity contribution in [1.82, 2.24) is 9.97 Å². The van der Waals surface area contributed by atoms with Crippen LogP contribution in [-0.2, 0) is 21.2 Å². The Bertz CT molecular complexity index is 1050. The van der Waals surface area contributed by atoms with Crippen molar-refractivity contribution in [2.24, 2.45) is 5.14 Å². The van der Waals surface area contributed by atoms with Crippen molar-refractivity contribution in [3.63, 3.8) is 0 Å². The third kappa shape index (κ3) is 4.08. The number of nitrogens with one attached hydrogen (secondary N) is 1. The lowest BCUT2D eigenvalue weighted by molar-refractivity contribution is -0.136. The van der Waals surface area contributed by atoms with E-state index >= 15 is 0 Å². The molecular formula is C16H14N4O4S. The van der Waals surface area contributed by atoms with Gasteiger partial charge in [0.25, 0.3) is 0 Å². The highest BCUT2D eigenvalue weighted by molar-refractivity contribution is 7.89. The number of carboxylic acid groups (broad SMARTS) is 1. The first-order valence-corrected chi connectivity index (χ1v) is 8.73. The Morgan fingerprint density at radius 1 is 1.16 bits per heavy atom. The third-order valence-electron chi connectivity index (χ3n) is 3.44. The summed E-state index contributed by atoms with van der Waals surface area (Å²) in [5, 5.41) is 17.6. The summed E-state index contributed by atoms with van der Waals surface area (Å²) in [4.78, 5) is 19.3. The first-order chi connectivity index (χ1) is 11.8. The van der Waals surface area contributed by atoms with E-state index in [9.17, 15) is 13.2 Å². The number of anilines is 2. The number of nitrogens with two attached hydrogens (primary N) is 1. The van der Waals surface area contributed by atoms with E-state index in [1.165, 1.54) is 12.1 Å². The van der Waals surface area contributed by atoms with Crippen LogP contribution in [-0.4, -0.2) is 29.5 Å². The van der Waals surface area contributed by atoms with Gasteiger partial charge in [-0.05, 0) is 42.0 Å². The molecule has 1 heterocycles. The lowest BCUT2D eigenvalue weighted by Crippen LogP contribution is -2.11. The van der Waals surface area contributed by atoms with Gasteiger partial charge in [-0.15, -0.1) is 0 Å². The molecule has 9 heteroatoms. The zero-order chi connectivity index (χ0) is 18.0. The summed E-state index contributed by atoms with van der Waals surface area (Å²) in [6, 6.07) is 11.0. The topological polar surface area (TPSA) is 135 Å². The van der Waals surface area contributed by atoms with Crippen molar-refractivity contribution in [3.8, 4) is 0 Å². The molecule has 0 fully saturated rings. The molecule has 0 bridgehead atoms. The van der Waals surface area contributed by atoms with Gasteiger partial charge < -0.3 is 10.4 Å². The lowest BCUT2D eigenvalue weighted by Gasteiger charge is -2.07. The number of carbonyl (C=O) groups is 1. The fourth-order valence-electron chi connectivity index (χ4n) is 2.28. The molecule has 0 aliphatic carbocycles. The fourth-order valence-corrected chi connectivity index (χ4v) is 2.80. The molecule has 4 N–H and O–H groups in total. The molecule has 1 aromatic heterocycles. The SMILES string of the molecule is NS(=O)(=O)c1ccc(Nc2ncc3cc(CC(=O)O)ccc3n2)cc1. The maximum atomic E-state index is 11.2. The predicted octanol–water partition coefficient (Wildman–Crippen LogP) is 1.65. The number of sulfonamides is 1. The van der Waals surface area contributed by atoms with Crippen LogP contribution in [0, 0.1) is 0 Å². The Hall–Kier alpha value is -3.04. The van der Waals surface area contributed by atoms with Crippen LogP contribution in [0.2, 0.25) is 0 Å². The average molecular weight is 358 g/mol. The Morgan fingerprint density at radius 3 is 2.52 bits per heavy atom. The number of carboxylic acids is 1. The first kappa shape index (κ1) is 16.8. The molecule has 0 saturated carbocycles. The summed E-state index contributed by atoms with van der Waals surface area (Å²) >= 11 is 0. The van der Waals surface area contributed by atoms with Crippen LogP contribution in [0.4, 0.5) is 11.6 Å². The van der Waals surface area contributed by atoms with E-state index in [1.54, 1.807) is 36.5 Å². The van der Waals surface area contributed by atoms with Crippen LogP contribution in [0.15, 0.2) is 53.6 Å². The molecule has 0 unspecified atom stereocenters. The largest absolute Gasteiger partial charge is 0.481 e. The van der Waals surface area contributed by atoms with Crippen molar-refractivity contribution in [2.75, 3.05) is 5.32 Å². The normalized spacial score (nSPS) is 11.4. The van der Waals surface area contributed by atoms with Crippen LogP contribution < -0.4 is 10.5 Å². The Morgan fingerprint density at radius 2 is 1.88 bits per heavy atom. The second kappa shape index (κ2) is 6.46. The lowest BCUT2D eigenvalue weighted by atomic mass is 10.1. The second-order valence-corrected chi connectivity index (χ2v) is 6.91. The summed E-state index contributed by atoms with van der Waals surface area (Å²) in [5.74, 6) is -0.566. The smallest absolute Gasteiger partial charge is 0.307 e. The summed E-state index contributed by atoms with van der Waals surface area (Å²) < 4.78 is 22.5. The zero-order valence-electron chi connectivity index (χ0n) is 12.9. The monoisotopic (exact) mass is 358 g/mol. The molecule has 25 heavy (non-hydrogen) atoms. The molecule has 0 amide bonds. The number of aromatic nitrogens is 2. The highest BCUT2D eigenvalue weighted by Gasteiger charge is 2.08. The molecule has 3 aromatic rings. The van der Waals surface area contributed by atoms with E-state index < -0.39 is 16.0 Å². The molecule has 0 spiro atoms. The maximum Gasteiger partial charge on any atom is 0.307 e. The molecule has 0 saturated heterocycles. The molecule has 2 aromatic carbocycles. The zero-order valence-corrected chi connectivity index (χ0v) is 13.7. The van der Waals surface area contributed by atoms with Crippen LogP contribution in [0.5, 0.6) is 0 Å². The molecule has 8 nitrogen and oxygen atoms in total. The Balaban J connectivity index is 1.83. The Labute approximate surface area is 143 Å². The van der Waals surface area contributed by atoms with Gasteiger partial charge in [-0.1, -0.05) is 6.07 Å². The third-order valence-corrected chi connectivity index (χ3v) is 4.37. The number of hydrogen-bond acceptors (Lipinski definition) is 6. The van der Waals surface area contributed by atoms with Gasteiger partial charge in [-0.2, -0.15) is 0 Å². The van der Waals surface area contributed by atoms with E-state index in [0.29, 0.717) is 22.7 Å². The number of nitrogens with zero attached hydrogens (tertiary/aromatic N) is 2. The van der Waals surface area contributed by atoms with Gasteiger partial charge in [-0.25, -0.2) is 23.5 Å². The van der Waals surface area contributed by atoms with E-state index in [-0.39, 0.29) is 11.3 Å². The standard InChI is InChI=1S/C16H14N4O4S/c17-25(23,24)13-4-2-12(3-5-13)19-16-18-9-11-7-10(8-15(21)22)1-6-14(11)20-16/h1-7,9H,8H2,(H,21,22)(H2,17,23,24)(H,18,19,20). The van der Waals surface area contributed by atoms with Crippen molar-refractivity contribution in [2.45, 2.75) is 11.3 Å². The minimum atomic E-state index is -3.73. The highest BCUT2D eigenvalue weighted by atomic mass is 32.2. The van der Waals surface area contributed by atoms with E-state index in [1.807, 2.05) is 0 Å². The van der Waals surface area contributed by atoms with E-state index in [0.717, 1.165) is 5.39 Å². The molecular weight excluding hydrogens is 344 g/mol. The molecule has 0 aliphatic rings. The number of rotatable bonds is 5. The van der Waals surface area contributed by atoms with Crippen molar-refractivity contribution in [3.05, 3.63) is 54.2 Å². The van der Waals surface area contributed by atoms with Crippen molar-refractivity contribution >= 4 is 38.5 Å². The molecule has 0 atom stereocenters. The summed E-state index contributed by atoms with van der Waals surface area (Å²) in [6.45, 7) is 0. The molecule has 0 radical (unpaired) electrons. The number of fused-ring (bicyclic) bond motifs is 1. The van der Waals surface area contributed by atoms with Crippen LogP contribution in [0.3, 0.4) is 0 Å². The molecule has 3 rings (SSSR count). The van der Waals surface area contributed by atoms with Gasteiger partial charge in [0.1, 0.15) is 0 Å². The summed E-state index contributed by atoms with van der Waals surface area (Å²) in [6.07, 6.45) is 1.53. The van der Waals surface area contributed by atoms with Crippen LogP contribution in [0.1, 0.15) is 5.56 Å². The minimum Gasteiger partial charge on any atom is -0.481 e. The number of aliphatic carboxylic acids is 1. The number of benzene rings is 2. The van der Waals surface area contributed by atoms with Gasteiger partial charge in [0, 0.05) is 17.3 Å². The molecule has 0 aliphatic heterocycles. The quantitative estimate of drug-likeness (QED) is 0.631. The van der Waals surface area contributed by atoms with Crippen LogP contribution in [0.25, 0.3) is 10.9 Å². The van der Waals surface area contributed by atoms with Crippen LogP contribution >= 0.6 is 0 Å². The van der Waals surface area contributed by atoms with E-state index in [4.69, 9.17) is 10.2 Å².